The fraction of sp³-hybridized carbons (Fsp3) is 0.256. The molecule has 6 nitrogen and oxygen atoms in total. The maximum atomic E-state index is 6.63. The summed E-state index contributed by atoms with van der Waals surface area (Å²) < 4.78 is 16.5. The molecule has 0 spiro atoms. The number of pyridine rings is 1. The van der Waals surface area contributed by atoms with Gasteiger partial charge in [0.1, 0.15) is 23.1 Å². The van der Waals surface area contributed by atoms with Gasteiger partial charge in [-0.3, -0.25) is 4.57 Å². The normalized spacial score (nSPS) is 12.2. The van der Waals surface area contributed by atoms with Crippen LogP contribution in [0, 0.1) is 13.8 Å². The molecule has 7 rings (SSSR count). The van der Waals surface area contributed by atoms with Gasteiger partial charge in [0.15, 0.2) is 0 Å². The van der Waals surface area contributed by atoms with Gasteiger partial charge in [0.25, 0.3) is 0 Å². The van der Waals surface area contributed by atoms with E-state index < -0.39 is 0 Å². The summed E-state index contributed by atoms with van der Waals surface area (Å²) >= 11 is 0. The molecule has 0 radical (unpaired) electrons. The fourth-order valence-electron chi connectivity index (χ4n) is 6.99. The van der Waals surface area contributed by atoms with E-state index in [9.17, 15) is 0 Å². The molecule has 3 aromatic heterocycles. The minimum absolute atomic E-state index is 0.172. The Balaban J connectivity index is 1.36. The van der Waals surface area contributed by atoms with Crippen LogP contribution in [0.25, 0.3) is 44.4 Å². The summed E-state index contributed by atoms with van der Waals surface area (Å²) in [5.41, 5.74) is 9.95. The predicted molar refractivity (Wildman–Crippen MR) is 201 cm³/mol. The number of hydrogen-bond acceptors (Lipinski definition) is 4. The van der Waals surface area contributed by atoms with E-state index in [1.54, 1.807) is 13.3 Å². The zero-order valence-corrected chi connectivity index (χ0v) is 29.9. The Hall–Kier alpha value is -5.36. The molecular weight excluding hydrogens is 604 g/mol. The number of hydrogen-bond donors (Lipinski definition) is 0. The average molecular weight is 649 g/mol. The zero-order chi connectivity index (χ0) is 34.7. The maximum absolute atomic E-state index is 6.63. The molecule has 3 heterocycles. The number of fused-ring (bicyclic) bond motifs is 3. The topological polar surface area (TPSA) is 54.1 Å². The summed E-state index contributed by atoms with van der Waals surface area (Å²) in [4.78, 5) is 4.71. The monoisotopic (exact) mass is 648 g/mol. The number of rotatable bonds is 6. The lowest BCUT2D eigenvalue weighted by atomic mass is 9.79. The lowest BCUT2D eigenvalue weighted by Gasteiger charge is -2.25. The second-order valence-corrected chi connectivity index (χ2v) is 14.9. The number of ether oxygens (including phenoxy) is 2. The molecule has 0 N–H and O–H groups in total. The van der Waals surface area contributed by atoms with Crippen LogP contribution < -0.4 is 9.47 Å². The molecule has 0 aliphatic carbocycles. The third-order valence-corrected chi connectivity index (χ3v) is 9.16. The minimum atomic E-state index is -0.190. The average Bonchev–Trinajstić information content (AvgIpc) is 3.62. The SMILES string of the molecule is COc1ccnc(-n2c3ccccc3c3ccc(Oc4cccc(-n5nc(C(C)(C)C)c(-c6c(C)cccc6C)c5C(C)(C)C)c4)cc32)c1. The summed E-state index contributed by atoms with van der Waals surface area (Å²) in [5, 5.41) is 7.67. The summed E-state index contributed by atoms with van der Waals surface area (Å²) in [5.74, 6) is 3.01. The van der Waals surface area contributed by atoms with E-state index in [-0.39, 0.29) is 10.8 Å². The van der Waals surface area contributed by atoms with Crippen molar-refractivity contribution < 1.29 is 9.47 Å². The van der Waals surface area contributed by atoms with E-state index in [2.05, 4.69) is 131 Å². The Morgan fingerprint density at radius 3 is 2.02 bits per heavy atom. The van der Waals surface area contributed by atoms with Gasteiger partial charge in [0, 0.05) is 51.6 Å². The highest BCUT2D eigenvalue weighted by molar-refractivity contribution is 6.09. The van der Waals surface area contributed by atoms with Gasteiger partial charge in [-0.2, -0.15) is 5.10 Å². The second-order valence-electron chi connectivity index (χ2n) is 14.9. The summed E-state index contributed by atoms with van der Waals surface area (Å²) in [6, 6.07) is 33.3. The van der Waals surface area contributed by atoms with Crippen LogP contribution in [0.15, 0.2) is 103 Å². The molecule has 0 unspecified atom stereocenters. The van der Waals surface area contributed by atoms with E-state index in [0.29, 0.717) is 0 Å². The second kappa shape index (κ2) is 12.0. The number of aryl methyl sites for hydroxylation is 2. The smallest absolute Gasteiger partial charge is 0.141 e. The molecule has 0 atom stereocenters. The molecule has 0 saturated carbocycles. The quantitative estimate of drug-likeness (QED) is 0.180. The molecular formula is C43H44N4O2. The van der Waals surface area contributed by atoms with Gasteiger partial charge >= 0.3 is 0 Å². The maximum Gasteiger partial charge on any atom is 0.141 e. The standard InChI is InChI=1S/C43H44N4O2/c1-27-14-12-15-28(2)38(27)39-40(42(3,4)5)45-47(41(39)43(6,7)8)29-16-13-17-31(24-29)49-32-20-21-34-33-18-10-11-19-35(33)46(36(34)25-32)37-26-30(48-9)22-23-44-37/h10-26H,1-9H3. The Morgan fingerprint density at radius 1 is 0.612 bits per heavy atom. The number of methoxy groups -OCH3 is 1. The Kier molecular flexibility index (Phi) is 7.86. The van der Waals surface area contributed by atoms with E-state index in [1.165, 1.54) is 27.9 Å². The third kappa shape index (κ3) is 5.75. The lowest BCUT2D eigenvalue weighted by molar-refractivity contribution is 0.414. The van der Waals surface area contributed by atoms with Gasteiger partial charge in [-0.1, -0.05) is 84.0 Å². The Labute approximate surface area is 289 Å². The minimum Gasteiger partial charge on any atom is -0.497 e. The van der Waals surface area contributed by atoms with Crippen molar-refractivity contribution in [3.05, 3.63) is 126 Å². The largest absolute Gasteiger partial charge is 0.497 e. The first-order valence-electron chi connectivity index (χ1n) is 16.9. The van der Waals surface area contributed by atoms with E-state index >= 15 is 0 Å². The number of benzene rings is 4. The molecule has 7 aromatic rings. The number of para-hydroxylation sites is 1. The Morgan fingerprint density at radius 2 is 1.31 bits per heavy atom. The molecule has 0 amide bonds. The fourth-order valence-corrected chi connectivity index (χ4v) is 6.99. The van der Waals surface area contributed by atoms with Gasteiger partial charge in [0.05, 0.1) is 35.2 Å². The molecule has 0 aliphatic rings. The lowest BCUT2D eigenvalue weighted by Crippen LogP contribution is -2.19. The first kappa shape index (κ1) is 32.2. The van der Waals surface area contributed by atoms with Crippen LogP contribution in [-0.2, 0) is 10.8 Å². The van der Waals surface area contributed by atoms with Crippen molar-refractivity contribution in [1.29, 1.82) is 0 Å². The molecule has 248 valence electrons. The Bertz CT molecular complexity index is 2330. The van der Waals surface area contributed by atoms with E-state index in [0.717, 1.165) is 56.3 Å². The molecule has 49 heavy (non-hydrogen) atoms. The van der Waals surface area contributed by atoms with Crippen molar-refractivity contribution in [2.75, 3.05) is 7.11 Å². The molecule has 4 aromatic carbocycles. The van der Waals surface area contributed by atoms with Crippen LogP contribution in [0.1, 0.15) is 64.1 Å². The van der Waals surface area contributed by atoms with Crippen molar-refractivity contribution in [3.63, 3.8) is 0 Å². The van der Waals surface area contributed by atoms with Crippen molar-refractivity contribution in [2.45, 2.75) is 66.2 Å². The van der Waals surface area contributed by atoms with Crippen molar-refractivity contribution >= 4 is 21.8 Å². The van der Waals surface area contributed by atoms with Gasteiger partial charge in [-0.15, -0.1) is 0 Å². The van der Waals surface area contributed by atoms with Crippen LogP contribution >= 0.6 is 0 Å². The summed E-state index contributed by atoms with van der Waals surface area (Å²) in [7, 11) is 1.67. The van der Waals surface area contributed by atoms with Crippen LogP contribution in [0.5, 0.6) is 17.2 Å². The van der Waals surface area contributed by atoms with E-state index in [4.69, 9.17) is 19.6 Å². The summed E-state index contributed by atoms with van der Waals surface area (Å²) in [6.07, 6.45) is 1.78. The molecule has 0 aliphatic heterocycles. The molecule has 0 fully saturated rings. The van der Waals surface area contributed by atoms with Gasteiger partial charge < -0.3 is 9.47 Å². The van der Waals surface area contributed by atoms with Crippen LogP contribution in [-0.4, -0.2) is 26.4 Å². The summed E-state index contributed by atoms with van der Waals surface area (Å²) in [6.45, 7) is 18.0. The highest BCUT2D eigenvalue weighted by Crippen LogP contribution is 2.44. The van der Waals surface area contributed by atoms with Crippen LogP contribution in [0.2, 0.25) is 0 Å². The van der Waals surface area contributed by atoms with Crippen LogP contribution in [0.3, 0.4) is 0 Å². The van der Waals surface area contributed by atoms with Gasteiger partial charge in [-0.05, 0) is 66.9 Å². The third-order valence-electron chi connectivity index (χ3n) is 9.16. The number of nitrogens with zero attached hydrogens (tertiary/aromatic N) is 4. The first-order chi connectivity index (χ1) is 23.3. The van der Waals surface area contributed by atoms with Crippen molar-refractivity contribution in [3.8, 4) is 39.9 Å². The zero-order valence-electron chi connectivity index (χ0n) is 29.9. The van der Waals surface area contributed by atoms with Crippen LogP contribution in [0.4, 0.5) is 0 Å². The van der Waals surface area contributed by atoms with Crippen molar-refractivity contribution in [2.24, 2.45) is 0 Å². The van der Waals surface area contributed by atoms with Gasteiger partial charge in [-0.25, -0.2) is 9.67 Å². The molecule has 6 heteroatoms. The van der Waals surface area contributed by atoms with Crippen molar-refractivity contribution in [1.82, 2.24) is 19.3 Å². The predicted octanol–water partition coefficient (Wildman–Crippen LogP) is 11.0. The van der Waals surface area contributed by atoms with E-state index in [1.807, 2.05) is 30.3 Å². The first-order valence-corrected chi connectivity index (χ1v) is 16.9. The highest BCUT2D eigenvalue weighted by atomic mass is 16.5. The highest BCUT2D eigenvalue weighted by Gasteiger charge is 2.34. The molecule has 0 bridgehead atoms. The number of aromatic nitrogens is 4. The van der Waals surface area contributed by atoms with Gasteiger partial charge in [0.2, 0.25) is 0 Å². The molecule has 0 saturated heterocycles.